The molecule has 1 aromatic carbocycles. The van der Waals surface area contributed by atoms with Crippen LogP contribution in [-0.2, 0) is 4.79 Å². The number of carbonyl (C=O) groups excluding carboxylic acids is 1. The fraction of sp³-hybridized carbons (Fsp3) is 0.579. The van der Waals surface area contributed by atoms with E-state index in [4.69, 9.17) is 4.74 Å². The molecule has 146 valence electrons. The molecule has 1 rings (SSSR count). The summed E-state index contributed by atoms with van der Waals surface area (Å²) in [6.45, 7) is 9.52. The van der Waals surface area contributed by atoms with E-state index in [1.165, 1.54) is 0 Å². The van der Waals surface area contributed by atoms with Crippen molar-refractivity contribution in [3.8, 4) is 5.75 Å². The monoisotopic (exact) mass is 364 g/mol. The summed E-state index contributed by atoms with van der Waals surface area (Å²) in [6.07, 6.45) is 0.308. The molecule has 0 radical (unpaired) electrons. The largest absolute Gasteiger partial charge is 0.491 e. The highest BCUT2D eigenvalue weighted by Gasteiger charge is 2.09. The Morgan fingerprint density at radius 2 is 1.85 bits per heavy atom. The highest BCUT2D eigenvalue weighted by atomic mass is 16.5. The predicted octanol–water partition coefficient (Wildman–Crippen LogP) is 1.59. The van der Waals surface area contributed by atoms with Gasteiger partial charge in [-0.1, -0.05) is 19.1 Å². The maximum Gasteiger partial charge on any atom is 0.241 e. The molecule has 0 fully saturated rings. The van der Waals surface area contributed by atoms with Crippen molar-refractivity contribution < 1.29 is 14.6 Å². The third-order valence-electron chi connectivity index (χ3n) is 3.40. The number of nitrogens with one attached hydrogen (secondary N) is 3. The second-order valence-corrected chi connectivity index (χ2v) is 6.18. The third-order valence-corrected chi connectivity index (χ3v) is 3.40. The number of hydrogen-bond donors (Lipinski definition) is 4. The van der Waals surface area contributed by atoms with Gasteiger partial charge in [0, 0.05) is 19.6 Å². The molecule has 0 aliphatic carbocycles. The Labute approximate surface area is 156 Å². The molecule has 0 aliphatic heterocycles. The number of amides is 1. The second-order valence-electron chi connectivity index (χ2n) is 6.18. The normalized spacial score (nSPS) is 12.6. The molecule has 4 N–H and O–H groups in total. The first-order valence-corrected chi connectivity index (χ1v) is 9.19. The van der Waals surface area contributed by atoms with Gasteiger partial charge in [0.05, 0.1) is 12.2 Å². The van der Waals surface area contributed by atoms with Crippen LogP contribution in [0.25, 0.3) is 0 Å². The molecule has 1 atom stereocenters. The van der Waals surface area contributed by atoms with Crippen molar-refractivity contribution in [2.24, 2.45) is 4.99 Å². The summed E-state index contributed by atoms with van der Waals surface area (Å²) < 4.78 is 5.60. The van der Waals surface area contributed by atoms with Crippen LogP contribution in [0.2, 0.25) is 0 Å². The molecule has 1 unspecified atom stereocenters. The first-order chi connectivity index (χ1) is 12.5. The van der Waals surface area contributed by atoms with Gasteiger partial charge in [-0.3, -0.25) is 4.79 Å². The van der Waals surface area contributed by atoms with Gasteiger partial charge in [0.2, 0.25) is 5.91 Å². The Balaban J connectivity index is 2.55. The predicted molar refractivity (Wildman–Crippen MR) is 104 cm³/mol. The van der Waals surface area contributed by atoms with E-state index in [0.717, 1.165) is 17.7 Å². The van der Waals surface area contributed by atoms with Crippen LogP contribution in [0.4, 0.5) is 0 Å². The number of rotatable bonds is 10. The van der Waals surface area contributed by atoms with Crippen LogP contribution in [0.3, 0.4) is 0 Å². The van der Waals surface area contributed by atoms with Crippen molar-refractivity contribution in [3.63, 3.8) is 0 Å². The number of aliphatic hydroxyl groups excluding tert-OH is 1. The Hall–Kier alpha value is -2.28. The lowest BCUT2D eigenvalue weighted by Gasteiger charge is -2.16. The fourth-order valence-corrected chi connectivity index (χ4v) is 2.16. The van der Waals surface area contributed by atoms with Gasteiger partial charge in [0.15, 0.2) is 5.96 Å². The summed E-state index contributed by atoms with van der Waals surface area (Å²) in [5, 5.41) is 19.2. The molecule has 0 aliphatic rings. The molecule has 0 spiro atoms. The second kappa shape index (κ2) is 12.1. The van der Waals surface area contributed by atoms with Gasteiger partial charge in [-0.25, -0.2) is 4.99 Å². The van der Waals surface area contributed by atoms with Gasteiger partial charge in [0.25, 0.3) is 0 Å². The quantitative estimate of drug-likeness (QED) is 0.374. The van der Waals surface area contributed by atoms with Gasteiger partial charge in [-0.05, 0) is 44.9 Å². The van der Waals surface area contributed by atoms with E-state index in [1.54, 1.807) is 0 Å². The van der Waals surface area contributed by atoms with Crippen molar-refractivity contribution in [3.05, 3.63) is 29.8 Å². The van der Waals surface area contributed by atoms with Gasteiger partial charge < -0.3 is 25.8 Å². The Kier molecular flexibility index (Phi) is 10.2. The highest BCUT2D eigenvalue weighted by Crippen LogP contribution is 2.18. The van der Waals surface area contributed by atoms with Gasteiger partial charge in [0.1, 0.15) is 12.3 Å². The van der Waals surface area contributed by atoms with Crippen molar-refractivity contribution >= 4 is 11.9 Å². The average Bonchev–Trinajstić information content (AvgIpc) is 2.62. The minimum Gasteiger partial charge on any atom is -0.491 e. The SMILES string of the molecule is CCCNC(=O)CN=C(NCC)NCC(O)c1ccc(OC(C)C)cc1. The summed E-state index contributed by atoms with van der Waals surface area (Å²) in [4.78, 5) is 15.9. The Bertz CT molecular complexity index is 558. The van der Waals surface area contributed by atoms with Gasteiger partial charge in [-0.15, -0.1) is 0 Å². The number of benzene rings is 1. The number of aliphatic imine (C=N–C) groups is 1. The van der Waals surface area contributed by atoms with Crippen LogP contribution in [-0.4, -0.2) is 49.3 Å². The molecule has 0 saturated carbocycles. The Morgan fingerprint density at radius 3 is 2.42 bits per heavy atom. The highest BCUT2D eigenvalue weighted by molar-refractivity contribution is 5.84. The number of nitrogens with zero attached hydrogens (tertiary/aromatic N) is 1. The average molecular weight is 364 g/mol. The molecule has 0 heterocycles. The zero-order valence-electron chi connectivity index (χ0n) is 16.2. The minimum absolute atomic E-state index is 0.0483. The molecule has 1 amide bonds. The van der Waals surface area contributed by atoms with Crippen LogP contribution < -0.4 is 20.7 Å². The van der Waals surface area contributed by atoms with Crippen LogP contribution in [0.15, 0.2) is 29.3 Å². The lowest BCUT2D eigenvalue weighted by molar-refractivity contribution is -0.119. The van der Waals surface area contributed by atoms with Gasteiger partial charge >= 0.3 is 0 Å². The van der Waals surface area contributed by atoms with E-state index in [-0.39, 0.29) is 25.1 Å². The van der Waals surface area contributed by atoms with Crippen molar-refractivity contribution in [1.82, 2.24) is 16.0 Å². The maximum atomic E-state index is 11.6. The number of aliphatic hydroxyl groups is 1. The standard InChI is InChI=1S/C19H32N4O3/c1-5-11-21-18(25)13-23-19(20-6-2)22-12-17(24)15-7-9-16(10-8-15)26-14(3)4/h7-10,14,17,24H,5-6,11-13H2,1-4H3,(H,21,25)(H2,20,22,23). The molecule has 0 bridgehead atoms. The van der Waals surface area contributed by atoms with Crippen molar-refractivity contribution in [2.45, 2.75) is 46.3 Å². The molecule has 7 nitrogen and oxygen atoms in total. The molecule has 7 heteroatoms. The maximum absolute atomic E-state index is 11.6. The summed E-state index contributed by atoms with van der Waals surface area (Å²) >= 11 is 0. The smallest absolute Gasteiger partial charge is 0.241 e. The Morgan fingerprint density at radius 1 is 1.15 bits per heavy atom. The third kappa shape index (κ3) is 8.71. The first-order valence-electron chi connectivity index (χ1n) is 9.19. The summed E-state index contributed by atoms with van der Waals surface area (Å²) in [6, 6.07) is 7.37. The zero-order valence-corrected chi connectivity index (χ0v) is 16.2. The number of guanidine groups is 1. The van der Waals surface area contributed by atoms with E-state index in [0.29, 0.717) is 19.0 Å². The number of hydrogen-bond acceptors (Lipinski definition) is 4. The topological polar surface area (TPSA) is 95.0 Å². The fourth-order valence-electron chi connectivity index (χ4n) is 2.16. The van der Waals surface area contributed by atoms with E-state index in [9.17, 15) is 9.90 Å². The summed E-state index contributed by atoms with van der Waals surface area (Å²) in [5.74, 6) is 1.15. The molecule has 0 saturated heterocycles. The van der Waals surface area contributed by atoms with Crippen LogP contribution in [0.1, 0.15) is 45.8 Å². The van der Waals surface area contributed by atoms with Crippen LogP contribution in [0.5, 0.6) is 5.75 Å². The lowest BCUT2D eigenvalue weighted by Crippen LogP contribution is -2.40. The zero-order chi connectivity index (χ0) is 19.4. The van der Waals surface area contributed by atoms with E-state index in [1.807, 2.05) is 52.0 Å². The lowest BCUT2D eigenvalue weighted by atomic mass is 10.1. The minimum atomic E-state index is -0.694. The van der Waals surface area contributed by atoms with E-state index in [2.05, 4.69) is 20.9 Å². The van der Waals surface area contributed by atoms with Crippen molar-refractivity contribution in [1.29, 1.82) is 0 Å². The summed E-state index contributed by atoms with van der Waals surface area (Å²) in [5.41, 5.74) is 0.783. The molecule has 0 aromatic heterocycles. The van der Waals surface area contributed by atoms with Crippen LogP contribution >= 0.6 is 0 Å². The number of ether oxygens (including phenoxy) is 1. The number of carbonyl (C=O) groups is 1. The molecular formula is C19H32N4O3. The summed E-state index contributed by atoms with van der Waals surface area (Å²) in [7, 11) is 0. The van der Waals surface area contributed by atoms with Crippen LogP contribution in [0, 0.1) is 0 Å². The first kappa shape index (κ1) is 21.8. The van der Waals surface area contributed by atoms with Crippen molar-refractivity contribution in [2.75, 3.05) is 26.2 Å². The molecule has 26 heavy (non-hydrogen) atoms. The van der Waals surface area contributed by atoms with E-state index < -0.39 is 6.10 Å². The molecule has 1 aromatic rings. The van der Waals surface area contributed by atoms with Gasteiger partial charge in [-0.2, -0.15) is 0 Å². The van der Waals surface area contributed by atoms with E-state index >= 15 is 0 Å². The molecular weight excluding hydrogens is 332 g/mol.